The van der Waals surface area contributed by atoms with E-state index >= 15 is 0 Å². The van der Waals surface area contributed by atoms with Crippen molar-refractivity contribution in [1.82, 2.24) is 0 Å². The Hall–Kier alpha value is -2.17. The van der Waals surface area contributed by atoms with E-state index in [1.54, 1.807) is 11.1 Å². The molecule has 0 bridgehead atoms. The average Bonchev–Trinajstić information content (AvgIpc) is 2.29. The van der Waals surface area contributed by atoms with Gasteiger partial charge in [0.15, 0.2) is 0 Å². The molecule has 5 heteroatoms. The number of hydrogen-bond acceptors (Lipinski definition) is 3. The molecule has 0 unspecified atom stereocenters. The van der Waals surface area contributed by atoms with Gasteiger partial charge in [0.1, 0.15) is 0 Å². The number of nitrogens with zero attached hydrogens (tertiary/aromatic N) is 2. The third kappa shape index (κ3) is 1.93. The number of anilines is 1. The molecular weight excluding hydrogens is 211 g/mol. The van der Waals surface area contributed by atoms with Gasteiger partial charge in [0, 0.05) is 30.6 Å². The Kier molecular flexibility index (Phi) is 2.68. The van der Waals surface area contributed by atoms with Gasteiger partial charge in [-0.2, -0.15) is 4.39 Å². The van der Waals surface area contributed by atoms with Gasteiger partial charge in [0.2, 0.25) is 5.82 Å². The van der Waals surface area contributed by atoms with Gasteiger partial charge in [-0.05, 0) is 12.1 Å². The largest absolute Gasteiger partial charge is 0.344 e. The molecule has 1 aromatic carbocycles. The van der Waals surface area contributed by atoms with Gasteiger partial charge in [0.05, 0.1) is 4.92 Å². The van der Waals surface area contributed by atoms with Gasteiger partial charge in [-0.15, -0.1) is 0 Å². The van der Waals surface area contributed by atoms with Gasteiger partial charge < -0.3 is 4.90 Å². The fraction of sp³-hybridized carbons (Fsp3) is 0.0909. The molecule has 82 valence electrons. The van der Waals surface area contributed by atoms with Crippen LogP contribution in [0.4, 0.5) is 15.8 Å². The molecule has 1 heterocycles. The SMILES string of the molecule is O=[N+]([O-])c1ccc(N2C=CC=CC2)cc1F. The summed E-state index contributed by atoms with van der Waals surface area (Å²) in [6, 6.07) is 3.88. The lowest BCUT2D eigenvalue weighted by molar-refractivity contribution is -0.387. The zero-order valence-electron chi connectivity index (χ0n) is 8.34. The maximum atomic E-state index is 13.3. The van der Waals surface area contributed by atoms with Gasteiger partial charge in [-0.25, -0.2) is 0 Å². The van der Waals surface area contributed by atoms with Crippen LogP contribution < -0.4 is 4.90 Å². The van der Waals surface area contributed by atoms with Crippen molar-refractivity contribution in [1.29, 1.82) is 0 Å². The van der Waals surface area contributed by atoms with Gasteiger partial charge >= 0.3 is 5.69 Å². The summed E-state index contributed by atoms with van der Waals surface area (Å²) in [7, 11) is 0. The third-order valence-electron chi connectivity index (χ3n) is 2.27. The predicted molar refractivity (Wildman–Crippen MR) is 58.7 cm³/mol. The molecule has 0 aromatic heterocycles. The fourth-order valence-corrected chi connectivity index (χ4v) is 1.48. The Bertz CT molecular complexity index is 483. The topological polar surface area (TPSA) is 46.4 Å². The smallest absolute Gasteiger partial charge is 0.304 e. The van der Waals surface area contributed by atoms with Crippen molar-refractivity contribution in [3.8, 4) is 0 Å². The highest BCUT2D eigenvalue weighted by atomic mass is 19.1. The molecule has 0 radical (unpaired) electrons. The van der Waals surface area contributed by atoms with Crippen LogP contribution >= 0.6 is 0 Å². The van der Waals surface area contributed by atoms with Crippen LogP contribution in [-0.4, -0.2) is 11.5 Å². The van der Waals surface area contributed by atoms with E-state index in [0.717, 1.165) is 0 Å². The average molecular weight is 220 g/mol. The second-order valence-electron chi connectivity index (χ2n) is 3.31. The fourth-order valence-electron chi connectivity index (χ4n) is 1.48. The van der Waals surface area contributed by atoms with Crippen LogP contribution in [0, 0.1) is 15.9 Å². The molecule has 0 amide bonds. The second-order valence-corrected chi connectivity index (χ2v) is 3.31. The van der Waals surface area contributed by atoms with Gasteiger partial charge in [-0.1, -0.05) is 12.2 Å². The highest BCUT2D eigenvalue weighted by Crippen LogP contribution is 2.24. The van der Waals surface area contributed by atoms with Crippen LogP contribution in [0.15, 0.2) is 42.6 Å². The summed E-state index contributed by atoms with van der Waals surface area (Å²) in [6.45, 7) is 0.633. The quantitative estimate of drug-likeness (QED) is 0.568. The summed E-state index contributed by atoms with van der Waals surface area (Å²) in [5.41, 5.74) is 0.101. The van der Waals surface area contributed by atoms with E-state index in [2.05, 4.69) is 0 Å². The molecule has 0 N–H and O–H groups in total. The normalized spacial score (nSPS) is 14.2. The molecular formula is C11H9FN2O2. The van der Waals surface area contributed by atoms with Crippen LogP contribution in [0.25, 0.3) is 0 Å². The molecule has 0 fully saturated rings. The van der Waals surface area contributed by atoms with E-state index < -0.39 is 16.4 Å². The van der Waals surface area contributed by atoms with E-state index in [0.29, 0.717) is 12.2 Å². The summed E-state index contributed by atoms with van der Waals surface area (Å²) >= 11 is 0. The van der Waals surface area contributed by atoms with Crippen molar-refractivity contribution in [3.63, 3.8) is 0 Å². The lowest BCUT2D eigenvalue weighted by Crippen LogP contribution is -2.17. The lowest BCUT2D eigenvalue weighted by atomic mass is 10.2. The Morgan fingerprint density at radius 2 is 2.19 bits per heavy atom. The molecule has 16 heavy (non-hydrogen) atoms. The predicted octanol–water partition coefficient (Wildman–Crippen LogP) is 2.62. The molecule has 1 aliphatic rings. The van der Waals surface area contributed by atoms with E-state index in [4.69, 9.17) is 0 Å². The molecule has 0 saturated heterocycles. The maximum Gasteiger partial charge on any atom is 0.304 e. The van der Waals surface area contributed by atoms with Crippen molar-refractivity contribution in [3.05, 3.63) is 58.6 Å². The number of rotatable bonds is 2. The first kappa shape index (κ1) is 10.4. The monoisotopic (exact) mass is 220 g/mol. The summed E-state index contributed by atoms with van der Waals surface area (Å²) in [4.78, 5) is 11.5. The van der Waals surface area contributed by atoms with Gasteiger partial charge in [-0.3, -0.25) is 10.1 Å². The summed E-state index contributed by atoms with van der Waals surface area (Å²) in [5.74, 6) is -0.814. The highest BCUT2D eigenvalue weighted by molar-refractivity contribution is 5.55. The zero-order valence-corrected chi connectivity index (χ0v) is 8.34. The standard InChI is InChI=1S/C11H9FN2O2/c12-10-8-9(4-5-11(10)14(15)16)13-6-2-1-3-7-13/h1-6,8H,7H2. The molecule has 0 atom stereocenters. The van der Waals surface area contributed by atoms with Crippen molar-refractivity contribution >= 4 is 11.4 Å². The Morgan fingerprint density at radius 3 is 2.75 bits per heavy atom. The number of allylic oxidation sites excluding steroid dienone is 2. The third-order valence-corrected chi connectivity index (χ3v) is 2.27. The first-order valence-electron chi connectivity index (χ1n) is 4.72. The summed E-state index contributed by atoms with van der Waals surface area (Å²) in [5, 5.41) is 10.4. The number of hydrogen-bond donors (Lipinski definition) is 0. The maximum absolute atomic E-state index is 13.3. The van der Waals surface area contributed by atoms with Crippen molar-refractivity contribution < 1.29 is 9.31 Å². The van der Waals surface area contributed by atoms with Crippen LogP contribution in [0.3, 0.4) is 0 Å². The lowest BCUT2D eigenvalue weighted by Gasteiger charge is -2.20. The molecule has 4 nitrogen and oxygen atoms in total. The van der Waals surface area contributed by atoms with E-state index in [1.807, 2.05) is 18.2 Å². The number of benzene rings is 1. The first-order valence-corrected chi connectivity index (χ1v) is 4.72. The zero-order chi connectivity index (χ0) is 11.5. The van der Waals surface area contributed by atoms with E-state index in [1.165, 1.54) is 18.2 Å². The number of nitro benzene ring substituents is 1. The number of nitro groups is 1. The van der Waals surface area contributed by atoms with Crippen molar-refractivity contribution in [2.45, 2.75) is 0 Å². The van der Waals surface area contributed by atoms with Crippen LogP contribution in [-0.2, 0) is 0 Å². The number of halogens is 1. The first-order chi connectivity index (χ1) is 7.68. The van der Waals surface area contributed by atoms with E-state index in [-0.39, 0.29) is 0 Å². The minimum Gasteiger partial charge on any atom is -0.344 e. The summed E-state index contributed by atoms with van der Waals surface area (Å²) in [6.07, 6.45) is 7.42. The van der Waals surface area contributed by atoms with Crippen LogP contribution in [0.2, 0.25) is 0 Å². The minimum absolute atomic E-state index is 0.500. The molecule has 0 aliphatic carbocycles. The Balaban J connectivity index is 2.31. The molecule has 0 spiro atoms. The van der Waals surface area contributed by atoms with E-state index in [9.17, 15) is 14.5 Å². The summed E-state index contributed by atoms with van der Waals surface area (Å²) < 4.78 is 13.3. The van der Waals surface area contributed by atoms with Crippen LogP contribution in [0.1, 0.15) is 0 Å². The van der Waals surface area contributed by atoms with Crippen molar-refractivity contribution in [2.75, 3.05) is 11.4 Å². The molecule has 1 aliphatic heterocycles. The Labute approximate surface area is 91.4 Å². The Morgan fingerprint density at radius 1 is 1.38 bits per heavy atom. The van der Waals surface area contributed by atoms with Crippen LogP contribution in [0.5, 0.6) is 0 Å². The molecule has 1 aromatic rings. The minimum atomic E-state index is -0.814. The molecule has 2 rings (SSSR count). The van der Waals surface area contributed by atoms with Crippen molar-refractivity contribution in [2.24, 2.45) is 0 Å². The molecule has 0 saturated carbocycles. The second kappa shape index (κ2) is 4.14. The van der Waals surface area contributed by atoms with Gasteiger partial charge in [0.25, 0.3) is 0 Å². The highest BCUT2D eigenvalue weighted by Gasteiger charge is 2.15.